The van der Waals surface area contributed by atoms with Crippen molar-refractivity contribution >= 4 is 29.1 Å². The molecule has 4 rings (SSSR count). The fourth-order valence-electron chi connectivity index (χ4n) is 2.98. The summed E-state index contributed by atoms with van der Waals surface area (Å²) in [6.07, 6.45) is 1.79. The predicted octanol–water partition coefficient (Wildman–Crippen LogP) is 3.75. The number of fused-ring (bicyclic) bond motifs is 1. The maximum atomic E-state index is 11.7. The highest BCUT2D eigenvalue weighted by Crippen LogP contribution is 2.32. The Bertz CT molecular complexity index is 1160. The van der Waals surface area contributed by atoms with Crippen LogP contribution in [0, 0.1) is 0 Å². The maximum Gasteiger partial charge on any atom is 0.262 e. The number of aromatic nitrogens is 1. The molecular formula is C22H22N4O3S. The second kappa shape index (κ2) is 8.54. The van der Waals surface area contributed by atoms with Gasteiger partial charge in [-0.3, -0.25) is 9.79 Å². The van der Waals surface area contributed by atoms with Crippen molar-refractivity contribution in [3.05, 3.63) is 58.2 Å². The van der Waals surface area contributed by atoms with Gasteiger partial charge in [0.2, 0.25) is 4.80 Å². The van der Waals surface area contributed by atoms with E-state index in [2.05, 4.69) is 5.32 Å². The van der Waals surface area contributed by atoms with E-state index in [-0.39, 0.29) is 18.6 Å². The Morgan fingerprint density at radius 1 is 1.23 bits per heavy atom. The summed E-state index contributed by atoms with van der Waals surface area (Å²) in [5, 5.41) is 9.56. The molecule has 3 aromatic rings. The van der Waals surface area contributed by atoms with Gasteiger partial charge in [-0.2, -0.15) is 5.10 Å². The molecule has 154 valence electrons. The standard InChI is InChI=1S/C22H22N4O3S/c1-14(2)24-22-26(23-11-15-4-7-17(28-3)8-5-15)19(13-30-22)16-6-9-20-18(10-16)25-21(27)12-29-20/h4-11,13-14H,12H2,1-3H3,(H,25,27). The van der Waals surface area contributed by atoms with Gasteiger partial charge in [0.25, 0.3) is 5.91 Å². The number of ether oxygens (including phenoxy) is 2. The second-order valence-electron chi connectivity index (χ2n) is 7.00. The molecule has 0 radical (unpaired) electrons. The first-order valence-corrected chi connectivity index (χ1v) is 10.4. The Kier molecular flexibility index (Phi) is 5.67. The molecule has 0 saturated heterocycles. The molecule has 0 spiro atoms. The van der Waals surface area contributed by atoms with Gasteiger partial charge in [-0.05, 0) is 61.9 Å². The number of hydrogen-bond donors (Lipinski definition) is 1. The number of nitrogens with one attached hydrogen (secondary N) is 1. The summed E-state index contributed by atoms with van der Waals surface area (Å²) in [5.41, 5.74) is 3.39. The summed E-state index contributed by atoms with van der Waals surface area (Å²) >= 11 is 1.52. The minimum absolute atomic E-state index is 0.0361. The van der Waals surface area contributed by atoms with Crippen molar-refractivity contribution in [1.82, 2.24) is 4.68 Å². The molecule has 1 N–H and O–H groups in total. The molecule has 7 nitrogen and oxygen atoms in total. The molecule has 0 atom stereocenters. The third-order valence-electron chi connectivity index (χ3n) is 4.40. The lowest BCUT2D eigenvalue weighted by molar-refractivity contribution is -0.118. The number of methoxy groups -OCH3 is 1. The first-order chi connectivity index (χ1) is 14.5. The Morgan fingerprint density at radius 2 is 2.03 bits per heavy atom. The van der Waals surface area contributed by atoms with E-state index in [0.29, 0.717) is 11.4 Å². The minimum atomic E-state index is -0.161. The van der Waals surface area contributed by atoms with Crippen molar-refractivity contribution in [2.24, 2.45) is 10.1 Å². The van der Waals surface area contributed by atoms with Crippen molar-refractivity contribution in [3.8, 4) is 22.8 Å². The van der Waals surface area contributed by atoms with Crippen LogP contribution in [-0.4, -0.2) is 36.6 Å². The third-order valence-corrected chi connectivity index (χ3v) is 5.23. The molecule has 8 heteroatoms. The molecule has 2 aromatic carbocycles. The van der Waals surface area contributed by atoms with E-state index in [9.17, 15) is 4.79 Å². The van der Waals surface area contributed by atoms with Gasteiger partial charge in [-0.15, -0.1) is 11.3 Å². The molecule has 0 unspecified atom stereocenters. The van der Waals surface area contributed by atoms with E-state index in [1.54, 1.807) is 13.3 Å². The van der Waals surface area contributed by atoms with Crippen LogP contribution < -0.4 is 19.6 Å². The molecule has 0 fully saturated rings. The summed E-state index contributed by atoms with van der Waals surface area (Å²) in [4.78, 5) is 17.2. The fraction of sp³-hybridized carbons (Fsp3) is 0.227. The summed E-state index contributed by atoms with van der Waals surface area (Å²) in [7, 11) is 1.64. The van der Waals surface area contributed by atoms with Gasteiger partial charge in [0.05, 0.1) is 24.7 Å². The molecule has 1 amide bonds. The topological polar surface area (TPSA) is 77.2 Å². The van der Waals surface area contributed by atoms with Crippen LogP contribution in [0.3, 0.4) is 0 Å². The number of carbonyl (C=O) groups is 1. The Hall–Kier alpha value is -3.39. The minimum Gasteiger partial charge on any atom is -0.497 e. The second-order valence-corrected chi connectivity index (χ2v) is 7.84. The number of hydrogen-bond acceptors (Lipinski definition) is 6. The van der Waals surface area contributed by atoms with Gasteiger partial charge in [0.15, 0.2) is 6.61 Å². The van der Waals surface area contributed by atoms with Crippen molar-refractivity contribution in [2.45, 2.75) is 19.9 Å². The monoisotopic (exact) mass is 422 g/mol. The largest absolute Gasteiger partial charge is 0.497 e. The highest BCUT2D eigenvalue weighted by molar-refractivity contribution is 7.07. The number of amides is 1. The molecule has 0 bridgehead atoms. The average Bonchev–Trinajstić information content (AvgIpc) is 3.13. The lowest BCUT2D eigenvalue weighted by Crippen LogP contribution is -2.25. The van der Waals surface area contributed by atoms with E-state index in [1.807, 2.05) is 66.4 Å². The van der Waals surface area contributed by atoms with E-state index in [4.69, 9.17) is 19.6 Å². The molecule has 2 heterocycles. The lowest BCUT2D eigenvalue weighted by Gasteiger charge is -2.18. The first kappa shape index (κ1) is 19.9. The highest BCUT2D eigenvalue weighted by Gasteiger charge is 2.17. The van der Waals surface area contributed by atoms with Crippen molar-refractivity contribution in [3.63, 3.8) is 0 Å². The van der Waals surface area contributed by atoms with Gasteiger partial charge < -0.3 is 14.8 Å². The van der Waals surface area contributed by atoms with E-state index in [1.165, 1.54) is 11.3 Å². The number of carbonyl (C=O) groups excluding carboxylic acids is 1. The van der Waals surface area contributed by atoms with Crippen molar-refractivity contribution in [1.29, 1.82) is 0 Å². The van der Waals surface area contributed by atoms with E-state index < -0.39 is 0 Å². The number of nitrogens with zero attached hydrogens (tertiary/aromatic N) is 3. The molecule has 30 heavy (non-hydrogen) atoms. The van der Waals surface area contributed by atoms with Crippen LogP contribution in [0.1, 0.15) is 19.4 Å². The summed E-state index contributed by atoms with van der Waals surface area (Å²) in [5.74, 6) is 1.30. The normalized spacial score (nSPS) is 14.0. The van der Waals surface area contributed by atoms with Crippen LogP contribution in [0.4, 0.5) is 5.69 Å². The number of benzene rings is 2. The zero-order valence-corrected chi connectivity index (χ0v) is 17.8. The number of rotatable bonds is 5. The van der Waals surface area contributed by atoms with Crippen molar-refractivity contribution in [2.75, 3.05) is 19.0 Å². The lowest BCUT2D eigenvalue weighted by atomic mass is 10.1. The number of thiazole rings is 1. The molecule has 1 aliphatic rings. The molecule has 1 aliphatic heterocycles. The number of anilines is 1. The highest BCUT2D eigenvalue weighted by atomic mass is 32.1. The zero-order valence-electron chi connectivity index (χ0n) is 17.0. The smallest absolute Gasteiger partial charge is 0.262 e. The van der Waals surface area contributed by atoms with E-state index in [0.717, 1.165) is 27.4 Å². The zero-order chi connectivity index (χ0) is 21.1. The van der Waals surface area contributed by atoms with Crippen molar-refractivity contribution < 1.29 is 14.3 Å². The van der Waals surface area contributed by atoms with Crippen LogP contribution in [0.15, 0.2) is 57.9 Å². The molecule has 0 aliphatic carbocycles. The van der Waals surface area contributed by atoms with Crippen LogP contribution >= 0.6 is 11.3 Å². The average molecular weight is 423 g/mol. The molecule has 0 saturated carbocycles. The SMILES string of the molecule is COc1ccc(C=Nn2c(-c3ccc4c(c3)NC(=O)CO4)csc2=NC(C)C)cc1. The fourth-order valence-corrected chi connectivity index (χ4v) is 3.95. The third kappa shape index (κ3) is 4.28. The predicted molar refractivity (Wildman–Crippen MR) is 119 cm³/mol. The van der Waals surface area contributed by atoms with Gasteiger partial charge in [0.1, 0.15) is 11.5 Å². The van der Waals surface area contributed by atoms with Gasteiger partial charge in [-0.25, -0.2) is 4.68 Å². The van der Waals surface area contributed by atoms with Crippen LogP contribution in [0.5, 0.6) is 11.5 Å². The summed E-state index contributed by atoms with van der Waals surface area (Å²) in [6, 6.07) is 13.5. The Labute approximate surface area is 178 Å². The van der Waals surface area contributed by atoms with E-state index >= 15 is 0 Å². The Morgan fingerprint density at radius 3 is 2.77 bits per heavy atom. The summed E-state index contributed by atoms with van der Waals surface area (Å²) < 4.78 is 12.5. The maximum absolute atomic E-state index is 11.7. The van der Waals surface area contributed by atoms with Gasteiger partial charge in [0, 0.05) is 17.0 Å². The van der Waals surface area contributed by atoms with Gasteiger partial charge >= 0.3 is 0 Å². The quantitative estimate of drug-likeness (QED) is 0.636. The molecule has 1 aromatic heterocycles. The van der Waals surface area contributed by atoms with Crippen LogP contribution in [-0.2, 0) is 4.79 Å². The summed E-state index contributed by atoms with van der Waals surface area (Å²) in [6.45, 7) is 4.10. The Balaban J connectivity index is 1.75. The van der Waals surface area contributed by atoms with Crippen LogP contribution in [0.25, 0.3) is 11.3 Å². The van der Waals surface area contributed by atoms with Crippen LogP contribution in [0.2, 0.25) is 0 Å². The van der Waals surface area contributed by atoms with Gasteiger partial charge in [-0.1, -0.05) is 0 Å². The first-order valence-electron chi connectivity index (χ1n) is 9.53. The molecular weight excluding hydrogens is 400 g/mol.